The third-order valence-corrected chi connectivity index (χ3v) is 5.57. The Labute approximate surface area is 163 Å². The molecule has 1 unspecified atom stereocenters. The zero-order chi connectivity index (χ0) is 19.7. The maximum atomic E-state index is 13.1. The van der Waals surface area contributed by atoms with Crippen LogP contribution in [0.3, 0.4) is 0 Å². The second kappa shape index (κ2) is 7.07. The SMILES string of the molecule is CN(CCc1ccccn1)C(=O)CN1C(=O)NC2(CCc3ccccc32)C1=O. The first-order valence-electron chi connectivity index (χ1n) is 9.37. The van der Waals surface area contributed by atoms with E-state index in [2.05, 4.69) is 10.3 Å². The summed E-state index contributed by atoms with van der Waals surface area (Å²) < 4.78 is 0. The van der Waals surface area contributed by atoms with E-state index in [1.54, 1.807) is 13.2 Å². The lowest BCUT2D eigenvalue weighted by Gasteiger charge is -2.23. The van der Waals surface area contributed by atoms with Crippen LogP contribution in [-0.4, -0.2) is 52.8 Å². The van der Waals surface area contributed by atoms with E-state index in [1.165, 1.54) is 4.90 Å². The third kappa shape index (κ3) is 3.02. The molecule has 1 spiro atoms. The molecule has 144 valence electrons. The Morgan fingerprint density at radius 3 is 2.79 bits per heavy atom. The van der Waals surface area contributed by atoms with Crippen molar-refractivity contribution in [1.82, 2.24) is 20.1 Å². The van der Waals surface area contributed by atoms with Crippen molar-refractivity contribution in [2.45, 2.75) is 24.8 Å². The molecule has 0 bridgehead atoms. The molecule has 1 aliphatic carbocycles. The number of pyridine rings is 1. The molecule has 1 aromatic carbocycles. The van der Waals surface area contributed by atoms with Gasteiger partial charge in [-0.25, -0.2) is 4.79 Å². The first-order chi connectivity index (χ1) is 13.5. The summed E-state index contributed by atoms with van der Waals surface area (Å²) in [6.07, 6.45) is 3.58. The van der Waals surface area contributed by atoms with E-state index < -0.39 is 11.6 Å². The maximum absolute atomic E-state index is 13.1. The van der Waals surface area contributed by atoms with E-state index in [9.17, 15) is 14.4 Å². The predicted molar refractivity (Wildman–Crippen MR) is 102 cm³/mol. The second-order valence-corrected chi connectivity index (χ2v) is 7.27. The van der Waals surface area contributed by atoms with Crippen LogP contribution in [-0.2, 0) is 28.0 Å². The van der Waals surface area contributed by atoms with Crippen molar-refractivity contribution < 1.29 is 14.4 Å². The molecular formula is C21H22N4O3. The van der Waals surface area contributed by atoms with E-state index in [4.69, 9.17) is 0 Å². The van der Waals surface area contributed by atoms with Crippen LogP contribution in [0.2, 0.25) is 0 Å². The van der Waals surface area contributed by atoms with Gasteiger partial charge in [0.1, 0.15) is 12.1 Å². The highest BCUT2D eigenvalue weighted by Crippen LogP contribution is 2.41. The molecule has 1 aliphatic heterocycles. The molecule has 0 saturated carbocycles. The summed E-state index contributed by atoms with van der Waals surface area (Å²) in [5, 5.41) is 2.84. The van der Waals surface area contributed by atoms with E-state index in [1.807, 2.05) is 42.5 Å². The summed E-state index contributed by atoms with van der Waals surface area (Å²) in [6.45, 7) is 0.209. The van der Waals surface area contributed by atoms with Crippen LogP contribution in [0, 0.1) is 0 Å². The molecule has 1 aromatic heterocycles. The Balaban J connectivity index is 1.43. The highest BCUT2D eigenvalue weighted by molar-refractivity contribution is 6.09. The van der Waals surface area contributed by atoms with Gasteiger partial charge in [-0.3, -0.25) is 19.5 Å². The van der Waals surface area contributed by atoms with Crippen molar-refractivity contribution in [3.05, 3.63) is 65.5 Å². The lowest BCUT2D eigenvalue weighted by molar-refractivity contribution is -0.138. The number of amides is 4. The van der Waals surface area contributed by atoms with Crippen molar-refractivity contribution in [2.75, 3.05) is 20.1 Å². The van der Waals surface area contributed by atoms with Gasteiger partial charge >= 0.3 is 6.03 Å². The number of nitrogens with one attached hydrogen (secondary N) is 1. The van der Waals surface area contributed by atoms with Gasteiger partial charge in [0.15, 0.2) is 0 Å². The molecule has 2 aromatic rings. The number of carbonyl (C=O) groups is 3. The smallest absolute Gasteiger partial charge is 0.325 e. The van der Waals surface area contributed by atoms with Gasteiger partial charge in [0.05, 0.1) is 0 Å². The summed E-state index contributed by atoms with van der Waals surface area (Å²) in [5.74, 6) is -0.614. The number of benzene rings is 1. The minimum absolute atomic E-state index is 0.257. The van der Waals surface area contributed by atoms with Gasteiger partial charge in [-0.15, -0.1) is 0 Å². The minimum Gasteiger partial charge on any atom is -0.344 e. The topological polar surface area (TPSA) is 82.6 Å². The largest absolute Gasteiger partial charge is 0.344 e. The van der Waals surface area contributed by atoms with Gasteiger partial charge in [-0.05, 0) is 36.1 Å². The summed E-state index contributed by atoms with van der Waals surface area (Å²) in [6, 6.07) is 12.8. The van der Waals surface area contributed by atoms with Gasteiger partial charge < -0.3 is 10.2 Å². The Kier molecular flexibility index (Phi) is 4.58. The Bertz CT molecular complexity index is 930. The molecule has 7 nitrogen and oxygen atoms in total. The number of likely N-dealkylation sites (N-methyl/N-ethyl adjacent to an activating group) is 1. The molecule has 1 N–H and O–H groups in total. The van der Waals surface area contributed by atoms with E-state index >= 15 is 0 Å². The maximum Gasteiger partial charge on any atom is 0.325 e. The highest BCUT2D eigenvalue weighted by atomic mass is 16.2. The minimum atomic E-state index is -1.03. The highest BCUT2D eigenvalue weighted by Gasteiger charge is 2.55. The summed E-state index contributed by atoms with van der Waals surface area (Å²) in [4.78, 5) is 45.0. The van der Waals surface area contributed by atoms with E-state index in [0.717, 1.165) is 28.1 Å². The number of aryl methyl sites for hydroxylation is 1. The number of nitrogens with zero attached hydrogens (tertiary/aromatic N) is 3. The molecule has 1 atom stereocenters. The fourth-order valence-corrected chi connectivity index (χ4v) is 3.94. The molecule has 2 heterocycles. The van der Waals surface area contributed by atoms with Crippen LogP contribution < -0.4 is 5.32 Å². The van der Waals surface area contributed by atoms with Crippen molar-refractivity contribution in [2.24, 2.45) is 0 Å². The van der Waals surface area contributed by atoms with E-state index in [0.29, 0.717) is 19.4 Å². The Morgan fingerprint density at radius 1 is 1.21 bits per heavy atom. The number of fused-ring (bicyclic) bond motifs is 2. The molecule has 1 saturated heterocycles. The van der Waals surface area contributed by atoms with Gasteiger partial charge in [-0.2, -0.15) is 0 Å². The number of urea groups is 1. The molecule has 0 radical (unpaired) electrons. The van der Waals surface area contributed by atoms with Gasteiger partial charge in [0, 0.05) is 31.9 Å². The summed E-state index contributed by atoms with van der Waals surface area (Å²) in [7, 11) is 1.67. The van der Waals surface area contributed by atoms with Gasteiger partial charge in [0.25, 0.3) is 5.91 Å². The molecule has 4 rings (SSSR count). The number of rotatable bonds is 5. The Hall–Kier alpha value is -3.22. The second-order valence-electron chi connectivity index (χ2n) is 7.27. The molecular weight excluding hydrogens is 356 g/mol. The van der Waals surface area contributed by atoms with Crippen LogP contribution in [0.15, 0.2) is 48.7 Å². The average Bonchev–Trinajstić information content (AvgIpc) is 3.20. The number of imide groups is 1. The number of carbonyl (C=O) groups excluding carboxylic acids is 3. The van der Waals surface area contributed by atoms with Crippen LogP contribution in [0.1, 0.15) is 23.2 Å². The molecule has 1 fully saturated rings. The monoisotopic (exact) mass is 378 g/mol. The van der Waals surface area contributed by atoms with Crippen LogP contribution in [0.5, 0.6) is 0 Å². The number of aromatic nitrogens is 1. The first-order valence-corrected chi connectivity index (χ1v) is 9.37. The fourth-order valence-electron chi connectivity index (χ4n) is 3.94. The van der Waals surface area contributed by atoms with Gasteiger partial charge in [-0.1, -0.05) is 30.3 Å². The number of hydrogen-bond acceptors (Lipinski definition) is 4. The van der Waals surface area contributed by atoms with Crippen LogP contribution >= 0.6 is 0 Å². The lowest BCUT2D eigenvalue weighted by Crippen LogP contribution is -2.44. The third-order valence-electron chi connectivity index (χ3n) is 5.57. The van der Waals surface area contributed by atoms with Crippen LogP contribution in [0.4, 0.5) is 4.79 Å². The predicted octanol–water partition coefficient (Wildman–Crippen LogP) is 1.48. The number of hydrogen-bond donors (Lipinski definition) is 1. The molecule has 4 amide bonds. The Morgan fingerprint density at radius 2 is 2.00 bits per heavy atom. The molecule has 7 heteroatoms. The first kappa shape index (κ1) is 18.2. The van der Waals surface area contributed by atoms with Crippen LogP contribution in [0.25, 0.3) is 0 Å². The van der Waals surface area contributed by atoms with E-state index in [-0.39, 0.29) is 18.4 Å². The van der Waals surface area contributed by atoms with Gasteiger partial charge in [0.2, 0.25) is 5.91 Å². The van der Waals surface area contributed by atoms with Crippen molar-refractivity contribution in [3.63, 3.8) is 0 Å². The fraction of sp³-hybridized carbons (Fsp3) is 0.333. The standard InChI is InChI=1S/C21H22N4O3/c1-24(13-10-16-7-4-5-12-22-16)18(26)14-25-19(27)21(23-20(25)28)11-9-15-6-2-3-8-17(15)21/h2-8,12H,9-11,13-14H2,1H3,(H,23,28). The van der Waals surface area contributed by atoms with Crippen molar-refractivity contribution in [3.8, 4) is 0 Å². The van der Waals surface area contributed by atoms with Crippen molar-refractivity contribution in [1.29, 1.82) is 0 Å². The zero-order valence-corrected chi connectivity index (χ0v) is 15.7. The zero-order valence-electron chi connectivity index (χ0n) is 15.7. The summed E-state index contributed by atoms with van der Waals surface area (Å²) in [5.41, 5.74) is 1.77. The van der Waals surface area contributed by atoms with Crippen molar-refractivity contribution >= 4 is 17.8 Å². The molecule has 2 aliphatic rings. The summed E-state index contributed by atoms with van der Waals surface area (Å²) >= 11 is 0. The molecule has 28 heavy (non-hydrogen) atoms. The average molecular weight is 378 g/mol. The normalized spacial score (nSPS) is 20.4. The quantitative estimate of drug-likeness (QED) is 0.799. The lowest BCUT2D eigenvalue weighted by atomic mass is 9.92.